The van der Waals surface area contributed by atoms with E-state index in [-0.39, 0.29) is 28.5 Å². The van der Waals surface area contributed by atoms with Gasteiger partial charge in [0.1, 0.15) is 11.5 Å². The molecule has 3 atom stereocenters. The fraction of sp³-hybridized carbons (Fsp3) is 0.333. The average Bonchev–Trinajstić information content (AvgIpc) is 2.42. The number of nitrogens with two attached hydrogens (primary N) is 2. The Labute approximate surface area is 125 Å². The van der Waals surface area contributed by atoms with E-state index in [9.17, 15) is 23.4 Å². The van der Waals surface area contributed by atoms with Gasteiger partial charge in [-0.15, -0.1) is 0 Å². The Morgan fingerprint density at radius 3 is 2.36 bits per heavy atom. The molecule has 0 saturated heterocycles. The highest BCUT2D eigenvalue weighted by atomic mass is 19.4. The molecule has 1 aromatic carbocycles. The number of hydrogen-bond acceptors (Lipinski definition) is 4. The Balaban J connectivity index is 2.49. The highest BCUT2D eigenvalue weighted by Crippen LogP contribution is 2.47. The lowest BCUT2D eigenvalue weighted by atomic mass is 9.74. The van der Waals surface area contributed by atoms with Gasteiger partial charge in [-0.1, -0.05) is 19.1 Å². The van der Waals surface area contributed by atoms with E-state index in [1.165, 1.54) is 25.1 Å². The fourth-order valence-electron chi connectivity index (χ4n) is 2.70. The second-order valence-corrected chi connectivity index (χ2v) is 5.40. The summed E-state index contributed by atoms with van der Waals surface area (Å²) in [6.45, 7) is 1.53. The largest absolute Gasteiger partial charge is 0.506 e. The van der Waals surface area contributed by atoms with Crippen LogP contribution in [-0.2, 0) is 0 Å². The molecule has 0 radical (unpaired) electrons. The number of hydrogen-bond donors (Lipinski definition) is 4. The summed E-state index contributed by atoms with van der Waals surface area (Å²) in [6, 6.07) is 3.44. The maximum atomic E-state index is 13.6. The molecule has 0 bridgehead atoms. The van der Waals surface area contributed by atoms with E-state index < -0.39 is 23.9 Å². The van der Waals surface area contributed by atoms with Crippen molar-refractivity contribution in [1.29, 1.82) is 0 Å². The van der Waals surface area contributed by atoms with Gasteiger partial charge in [0.05, 0.1) is 17.3 Å². The van der Waals surface area contributed by atoms with E-state index >= 15 is 0 Å². The Bertz CT molecular complexity index is 638. The van der Waals surface area contributed by atoms with Crippen LogP contribution in [-0.4, -0.2) is 16.4 Å². The topological polar surface area (TPSA) is 92.5 Å². The minimum absolute atomic E-state index is 0.0218. The first-order valence-electron chi connectivity index (χ1n) is 6.64. The van der Waals surface area contributed by atoms with Gasteiger partial charge in [-0.3, -0.25) is 0 Å². The molecule has 6 N–H and O–H groups in total. The van der Waals surface area contributed by atoms with Crippen molar-refractivity contribution in [2.24, 2.45) is 17.6 Å². The summed E-state index contributed by atoms with van der Waals surface area (Å²) in [7, 11) is 0. The van der Waals surface area contributed by atoms with Gasteiger partial charge in [0.2, 0.25) is 0 Å². The van der Waals surface area contributed by atoms with Crippen LogP contribution in [0.15, 0.2) is 41.8 Å². The molecule has 1 aliphatic rings. The molecule has 2 rings (SSSR count). The molecule has 0 saturated carbocycles. The van der Waals surface area contributed by atoms with Gasteiger partial charge < -0.3 is 21.7 Å². The zero-order valence-corrected chi connectivity index (χ0v) is 11.8. The third-order valence-electron chi connectivity index (χ3n) is 3.99. The van der Waals surface area contributed by atoms with Crippen molar-refractivity contribution in [3.8, 4) is 5.75 Å². The van der Waals surface area contributed by atoms with Crippen molar-refractivity contribution >= 4 is 5.69 Å². The average molecular weight is 314 g/mol. The van der Waals surface area contributed by atoms with Crippen molar-refractivity contribution in [2.75, 3.05) is 5.73 Å². The number of halogens is 3. The summed E-state index contributed by atoms with van der Waals surface area (Å²) in [6.07, 6.45) is -2.04. The summed E-state index contributed by atoms with van der Waals surface area (Å²) in [5.74, 6) is -3.98. The summed E-state index contributed by atoms with van der Waals surface area (Å²) >= 11 is 0. The normalized spacial score (nSPS) is 23.6. The first kappa shape index (κ1) is 16.1. The third-order valence-corrected chi connectivity index (χ3v) is 3.99. The lowest BCUT2D eigenvalue weighted by Gasteiger charge is -2.34. The maximum Gasteiger partial charge on any atom is 0.396 e. The Kier molecular flexibility index (Phi) is 4.00. The molecule has 0 spiro atoms. The first-order valence-corrected chi connectivity index (χ1v) is 6.64. The number of aromatic hydroxyl groups is 1. The van der Waals surface area contributed by atoms with Crippen molar-refractivity contribution in [3.05, 3.63) is 47.4 Å². The molecule has 0 amide bonds. The number of benzene rings is 1. The van der Waals surface area contributed by atoms with E-state index in [4.69, 9.17) is 11.5 Å². The summed E-state index contributed by atoms with van der Waals surface area (Å²) < 4.78 is 40.7. The van der Waals surface area contributed by atoms with E-state index in [1.54, 1.807) is 0 Å². The van der Waals surface area contributed by atoms with Crippen LogP contribution >= 0.6 is 0 Å². The van der Waals surface area contributed by atoms with Gasteiger partial charge in [0, 0.05) is 11.8 Å². The van der Waals surface area contributed by atoms with Crippen molar-refractivity contribution < 1.29 is 23.4 Å². The number of rotatable bonds is 2. The number of aliphatic hydroxyl groups excluding tert-OH is 1. The number of phenols is 1. The van der Waals surface area contributed by atoms with Gasteiger partial charge >= 0.3 is 6.18 Å². The SMILES string of the molecule is CC1C(N)=C(O)C=CC1C(c1ccc(O)c(N)c1)C(F)(F)F. The van der Waals surface area contributed by atoms with Crippen LogP contribution in [0.25, 0.3) is 0 Å². The van der Waals surface area contributed by atoms with Gasteiger partial charge in [-0.05, 0) is 23.8 Å². The number of allylic oxidation sites excluding steroid dienone is 3. The maximum absolute atomic E-state index is 13.6. The van der Waals surface area contributed by atoms with Crippen LogP contribution in [0.5, 0.6) is 5.75 Å². The Morgan fingerprint density at radius 2 is 1.82 bits per heavy atom. The molecule has 1 aliphatic carbocycles. The predicted molar refractivity (Wildman–Crippen MR) is 77.0 cm³/mol. The van der Waals surface area contributed by atoms with Crippen molar-refractivity contribution in [3.63, 3.8) is 0 Å². The van der Waals surface area contributed by atoms with Crippen molar-refractivity contribution in [1.82, 2.24) is 0 Å². The summed E-state index contributed by atoms with van der Waals surface area (Å²) in [4.78, 5) is 0. The highest BCUT2D eigenvalue weighted by molar-refractivity contribution is 5.54. The fourth-order valence-corrected chi connectivity index (χ4v) is 2.70. The van der Waals surface area contributed by atoms with Crippen LogP contribution in [0.3, 0.4) is 0 Å². The van der Waals surface area contributed by atoms with Gasteiger partial charge in [0.25, 0.3) is 0 Å². The molecule has 120 valence electrons. The van der Waals surface area contributed by atoms with Gasteiger partial charge in [-0.2, -0.15) is 13.2 Å². The van der Waals surface area contributed by atoms with Crippen LogP contribution in [0.4, 0.5) is 18.9 Å². The smallest absolute Gasteiger partial charge is 0.396 e. The minimum atomic E-state index is -4.53. The number of anilines is 1. The zero-order valence-electron chi connectivity index (χ0n) is 11.8. The van der Waals surface area contributed by atoms with Gasteiger partial charge in [0.15, 0.2) is 0 Å². The first-order chi connectivity index (χ1) is 10.1. The Morgan fingerprint density at radius 1 is 1.18 bits per heavy atom. The predicted octanol–water partition coefficient (Wildman–Crippen LogP) is 3.17. The number of aliphatic hydroxyl groups is 1. The van der Waals surface area contributed by atoms with Crippen molar-refractivity contribution in [2.45, 2.75) is 19.0 Å². The highest BCUT2D eigenvalue weighted by Gasteiger charge is 2.47. The molecular weight excluding hydrogens is 297 g/mol. The van der Waals surface area contributed by atoms with Crippen LogP contribution in [0.1, 0.15) is 18.4 Å². The molecule has 3 unspecified atom stereocenters. The zero-order chi connectivity index (χ0) is 16.7. The molecule has 22 heavy (non-hydrogen) atoms. The van der Waals surface area contributed by atoms with Gasteiger partial charge in [-0.25, -0.2) is 0 Å². The molecule has 0 fully saturated rings. The van der Waals surface area contributed by atoms with Crippen LogP contribution < -0.4 is 11.5 Å². The monoisotopic (exact) mass is 314 g/mol. The second-order valence-electron chi connectivity index (χ2n) is 5.40. The van der Waals surface area contributed by atoms with E-state index in [0.29, 0.717) is 0 Å². The second kappa shape index (κ2) is 5.47. The lowest BCUT2D eigenvalue weighted by molar-refractivity contribution is -0.161. The molecule has 0 aliphatic heterocycles. The van der Waals surface area contributed by atoms with E-state index in [1.807, 2.05) is 0 Å². The summed E-state index contributed by atoms with van der Waals surface area (Å²) in [5.41, 5.74) is 11.0. The minimum Gasteiger partial charge on any atom is -0.506 e. The molecule has 0 aromatic heterocycles. The molecular formula is C15H17F3N2O2. The lowest BCUT2D eigenvalue weighted by Crippen LogP contribution is -2.34. The number of alkyl halides is 3. The molecule has 1 aromatic rings. The standard InChI is InChI=1S/C15H17F3N2O2/c1-7-9(3-5-12(22)14(7)20)13(15(16,17)18)8-2-4-11(21)10(19)6-8/h2-7,9,13,21-22H,19-20H2,1H3. The van der Waals surface area contributed by atoms with Crippen LogP contribution in [0, 0.1) is 11.8 Å². The quantitative estimate of drug-likeness (QED) is 0.498. The van der Waals surface area contributed by atoms with Crippen LogP contribution in [0.2, 0.25) is 0 Å². The van der Waals surface area contributed by atoms with E-state index in [2.05, 4.69) is 0 Å². The van der Waals surface area contributed by atoms with E-state index in [0.717, 1.165) is 12.1 Å². The molecule has 7 heteroatoms. The molecule has 0 heterocycles. The Hall–Kier alpha value is -2.31. The number of phenolic OH excluding ortho intramolecular Hbond substituents is 1. The molecule has 4 nitrogen and oxygen atoms in total. The number of nitrogen functional groups attached to an aromatic ring is 1. The third kappa shape index (κ3) is 2.84. The summed E-state index contributed by atoms with van der Waals surface area (Å²) in [5, 5.41) is 18.9.